The average molecular weight is 427 g/mol. The van der Waals surface area contributed by atoms with Crippen LogP contribution in [0.3, 0.4) is 0 Å². The van der Waals surface area contributed by atoms with E-state index in [2.05, 4.69) is 39.2 Å². The molecule has 0 amide bonds. The van der Waals surface area contributed by atoms with Gasteiger partial charge in [-0.15, -0.1) is 0 Å². The number of likely N-dealkylation sites (tertiary alicyclic amines) is 1. The molecular weight excluding hydrogens is 396 g/mol. The molecule has 3 heterocycles. The number of hydrogen-bond acceptors (Lipinski definition) is 6. The highest BCUT2D eigenvalue weighted by Crippen LogP contribution is 2.22. The molecule has 0 saturated carbocycles. The molecule has 6 nitrogen and oxygen atoms in total. The van der Waals surface area contributed by atoms with Crippen molar-refractivity contribution in [1.29, 1.82) is 0 Å². The van der Waals surface area contributed by atoms with Crippen LogP contribution in [0.1, 0.15) is 24.8 Å². The quantitative estimate of drug-likeness (QED) is 0.679. The summed E-state index contributed by atoms with van der Waals surface area (Å²) in [6, 6.07) is 13.9. The lowest BCUT2D eigenvalue weighted by atomic mass is 9.91. The van der Waals surface area contributed by atoms with Gasteiger partial charge in [0.2, 0.25) is 0 Å². The summed E-state index contributed by atoms with van der Waals surface area (Å²) in [5.74, 6) is 3.46. The first-order chi connectivity index (χ1) is 14.7. The van der Waals surface area contributed by atoms with Crippen molar-refractivity contribution in [3.63, 3.8) is 0 Å². The Kier molecular flexibility index (Phi) is 7.23. The molecule has 0 spiro atoms. The lowest BCUT2D eigenvalue weighted by Gasteiger charge is -2.31. The second kappa shape index (κ2) is 10.3. The zero-order chi connectivity index (χ0) is 20.8. The Morgan fingerprint density at radius 2 is 1.73 bits per heavy atom. The molecule has 2 aliphatic rings. The number of anilines is 1. The van der Waals surface area contributed by atoms with Crippen LogP contribution in [0.4, 0.5) is 5.82 Å². The summed E-state index contributed by atoms with van der Waals surface area (Å²) in [6.07, 6.45) is 2.61. The second-order valence-electron chi connectivity index (χ2n) is 8.23. The predicted octanol–water partition coefficient (Wildman–Crippen LogP) is 2.67. The van der Waals surface area contributed by atoms with Crippen molar-refractivity contribution in [1.82, 2.24) is 14.7 Å². The summed E-state index contributed by atoms with van der Waals surface area (Å²) in [7, 11) is 0. The van der Waals surface area contributed by atoms with Gasteiger partial charge in [-0.2, -0.15) is 16.9 Å². The average Bonchev–Trinajstić information content (AvgIpc) is 2.78. The topological polar surface area (TPSA) is 58.4 Å². The first kappa shape index (κ1) is 21.1. The Morgan fingerprint density at radius 3 is 2.47 bits per heavy atom. The van der Waals surface area contributed by atoms with Gasteiger partial charge in [0.1, 0.15) is 12.4 Å². The Morgan fingerprint density at radius 1 is 1.00 bits per heavy atom. The summed E-state index contributed by atoms with van der Waals surface area (Å²) in [4.78, 5) is 29.5. The van der Waals surface area contributed by atoms with Gasteiger partial charge in [0.15, 0.2) is 5.78 Å². The number of nitrogens with zero attached hydrogens (tertiary/aromatic N) is 4. The van der Waals surface area contributed by atoms with Crippen molar-refractivity contribution in [3.8, 4) is 0 Å². The smallest absolute Gasteiger partial charge is 0.267 e. The fourth-order valence-electron chi connectivity index (χ4n) is 4.26. The number of thioether (sulfide) groups is 1. The van der Waals surface area contributed by atoms with E-state index in [0.29, 0.717) is 12.3 Å². The molecule has 160 valence electrons. The molecule has 2 fully saturated rings. The zero-order valence-corrected chi connectivity index (χ0v) is 18.2. The third-order valence-corrected chi connectivity index (χ3v) is 6.93. The highest BCUT2D eigenvalue weighted by Gasteiger charge is 2.22. The molecule has 2 saturated heterocycles. The maximum Gasteiger partial charge on any atom is 0.267 e. The number of aromatic nitrogens is 2. The van der Waals surface area contributed by atoms with Crippen molar-refractivity contribution in [2.24, 2.45) is 5.92 Å². The molecule has 4 rings (SSSR count). The number of Topliss-reactive ketones (excluding diaryl/α,β-unsaturated/α-hetero) is 1. The van der Waals surface area contributed by atoms with E-state index in [9.17, 15) is 9.59 Å². The van der Waals surface area contributed by atoms with Gasteiger partial charge in [0.05, 0.1) is 0 Å². The van der Waals surface area contributed by atoms with Gasteiger partial charge < -0.3 is 4.90 Å². The fraction of sp³-hybridized carbons (Fsp3) is 0.522. The van der Waals surface area contributed by atoms with Crippen molar-refractivity contribution >= 4 is 23.4 Å². The molecule has 0 N–H and O–H groups in total. The minimum Gasteiger partial charge on any atom is -0.354 e. The van der Waals surface area contributed by atoms with Gasteiger partial charge >= 0.3 is 0 Å². The third-order valence-electron chi connectivity index (χ3n) is 5.99. The third kappa shape index (κ3) is 5.73. The Hall–Kier alpha value is -2.12. The predicted molar refractivity (Wildman–Crippen MR) is 122 cm³/mol. The number of piperidine rings is 1. The van der Waals surface area contributed by atoms with Crippen molar-refractivity contribution < 1.29 is 4.79 Å². The molecule has 0 bridgehead atoms. The summed E-state index contributed by atoms with van der Waals surface area (Å²) < 4.78 is 1.35. The van der Waals surface area contributed by atoms with Gasteiger partial charge in [-0.1, -0.05) is 30.3 Å². The van der Waals surface area contributed by atoms with Crippen LogP contribution in [0.25, 0.3) is 0 Å². The van der Waals surface area contributed by atoms with Crippen LogP contribution < -0.4 is 10.5 Å². The zero-order valence-electron chi connectivity index (χ0n) is 17.4. The number of rotatable bonds is 7. The lowest BCUT2D eigenvalue weighted by molar-refractivity contribution is -0.121. The minimum atomic E-state index is -0.198. The highest BCUT2D eigenvalue weighted by atomic mass is 32.2. The molecule has 0 aliphatic carbocycles. The van der Waals surface area contributed by atoms with E-state index >= 15 is 0 Å². The molecule has 0 atom stereocenters. The van der Waals surface area contributed by atoms with E-state index in [-0.39, 0.29) is 17.9 Å². The van der Waals surface area contributed by atoms with Gasteiger partial charge in [-0.3, -0.25) is 14.5 Å². The standard InChI is InChI=1S/C23H30N4O2S/c28-21(16-19-8-10-25(11-9-19)17-20-4-2-1-3-5-20)18-27-23(29)7-6-22(24-27)26-12-14-30-15-13-26/h1-7,19H,8-18H2. The molecule has 7 heteroatoms. The normalized spacial score (nSPS) is 18.5. The molecule has 0 radical (unpaired) electrons. The monoisotopic (exact) mass is 426 g/mol. The molecular formula is C23H30N4O2S. The van der Waals surface area contributed by atoms with Crippen LogP contribution in [0, 0.1) is 5.92 Å². The van der Waals surface area contributed by atoms with Crippen LogP contribution >= 0.6 is 11.8 Å². The largest absolute Gasteiger partial charge is 0.354 e. The highest BCUT2D eigenvalue weighted by molar-refractivity contribution is 7.99. The van der Waals surface area contributed by atoms with E-state index in [0.717, 1.165) is 62.9 Å². The first-order valence-electron chi connectivity index (χ1n) is 10.9. The van der Waals surface area contributed by atoms with Gasteiger partial charge in [-0.25, -0.2) is 4.68 Å². The van der Waals surface area contributed by atoms with Gasteiger partial charge in [0.25, 0.3) is 5.56 Å². The summed E-state index contributed by atoms with van der Waals surface area (Å²) in [6.45, 7) is 4.97. The number of hydrogen-bond donors (Lipinski definition) is 0. The molecule has 30 heavy (non-hydrogen) atoms. The van der Waals surface area contributed by atoms with E-state index in [1.165, 1.54) is 10.2 Å². The second-order valence-corrected chi connectivity index (χ2v) is 9.46. The molecule has 2 aliphatic heterocycles. The Balaban J connectivity index is 1.27. The molecule has 1 aromatic heterocycles. The minimum absolute atomic E-state index is 0.0828. The maximum absolute atomic E-state index is 12.7. The SMILES string of the molecule is O=C(CC1CCN(Cc2ccccc2)CC1)Cn1nc(N2CCSCC2)ccc1=O. The van der Waals surface area contributed by atoms with E-state index in [4.69, 9.17) is 0 Å². The Bertz CT molecular complexity index is 888. The number of benzene rings is 1. The van der Waals surface area contributed by atoms with Crippen LogP contribution in [0.5, 0.6) is 0 Å². The number of carbonyl (C=O) groups is 1. The summed E-state index contributed by atoms with van der Waals surface area (Å²) in [5.41, 5.74) is 1.14. The molecule has 2 aromatic rings. The number of ketones is 1. The van der Waals surface area contributed by atoms with Crippen molar-refractivity contribution in [2.75, 3.05) is 42.6 Å². The van der Waals surface area contributed by atoms with Crippen LogP contribution in [0.15, 0.2) is 47.3 Å². The van der Waals surface area contributed by atoms with Gasteiger partial charge in [0, 0.05) is 43.6 Å². The summed E-state index contributed by atoms with van der Waals surface area (Å²) in [5, 5.41) is 4.48. The fourth-order valence-corrected chi connectivity index (χ4v) is 5.16. The van der Waals surface area contributed by atoms with Crippen LogP contribution in [-0.2, 0) is 17.9 Å². The number of carbonyl (C=O) groups excluding carboxylic acids is 1. The van der Waals surface area contributed by atoms with E-state index in [1.54, 1.807) is 12.1 Å². The van der Waals surface area contributed by atoms with E-state index < -0.39 is 0 Å². The van der Waals surface area contributed by atoms with Crippen molar-refractivity contribution in [3.05, 3.63) is 58.4 Å². The Labute approximate surface area is 182 Å². The van der Waals surface area contributed by atoms with Crippen molar-refractivity contribution in [2.45, 2.75) is 32.4 Å². The van der Waals surface area contributed by atoms with Crippen LogP contribution in [-0.4, -0.2) is 58.1 Å². The first-order valence-corrected chi connectivity index (χ1v) is 12.0. The maximum atomic E-state index is 12.7. The van der Waals surface area contributed by atoms with E-state index in [1.807, 2.05) is 17.8 Å². The van der Waals surface area contributed by atoms with Gasteiger partial charge in [-0.05, 0) is 43.5 Å². The lowest BCUT2D eigenvalue weighted by Crippen LogP contribution is -2.36. The van der Waals surface area contributed by atoms with Crippen LogP contribution in [0.2, 0.25) is 0 Å². The molecule has 1 aromatic carbocycles. The molecule has 0 unspecified atom stereocenters. The summed E-state index contributed by atoms with van der Waals surface area (Å²) >= 11 is 1.94.